The van der Waals surface area contributed by atoms with Crippen molar-refractivity contribution in [2.75, 3.05) is 11.4 Å². The highest BCUT2D eigenvalue weighted by Crippen LogP contribution is 2.36. The minimum Gasteiger partial charge on any atom is -0.480 e. The largest absolute Gasteiger partial charge is 0.480 e. The van der Waals surface area contributed by atoms with Crippen molar-refractivity contribution in [2.24, 2.45) is 5.92 Å². The zero-order valence-electron chi connectivity index (χ0n) is 11.3. The van der Waals surface area contributed by atoms with Crippen LogP contribution in [0.4, 0.5) is 11.6 Å². The van der Waals surface area contributed by atoms with E-state index in [4.69, 9.17) is 0 Å². The molecule has 0 radical (unpaired) electrons. The number of hydrogen-bond acceptors (Lipinski definition) is 6. The maximum Gasteiger partial charge on any atom is 0.373 e. The second-order valence-corrected chi connectivity index (χ2v) is 6.04. The molecule has 112 valence electrons. The van der Waals surface area contributed by atoms with Crippen molar-refractivity contribution in [1.82, 2.24) is 9.38 Å². The van der Waals surface area contributed by atoms with Crippen molar-refractivity contribution >= 4 is 33.9 Å². The Morgan fingerprint density at radius 2 is 2.38 bits per heavy atom. The lowest BCUT2D eigenvalue weighted by atomic mass is 9.91. The number of rotatable bonds is 3. The second kappa shape index (κ2) is 4.99. The van der Waals surface area contributed by atoms with Gasteiger partial charge in [-0.15, -0.1) is 0 Å². The minimum absolute atomic E-state index is 0.0735. The predicted molar refractivity (Wildman–Crippen MR) is 76.9 cm³/mol. The van der Waals surface area contributed by atoms with Crippen LogP contribution in [-0.4, -0.2) is 38.0 Å². The summed E-state index contributed by atoms with van der Waals surface area (Å²) >= 11 is 1.29. The third-order valence-electron chi connectivity index (χ3n) is 3.85. The fourth-order valence-corrected chi connectivity index (χ4v) is 3.63. The number of aliphatic carboxylic acids is 1. The maximum atomic E-state index is 11.5. The molecule has 0 aliphatic carbocycles. The fourth-order valence-electron chi connectivity index (χ4n) is 2.93. The number of carboxylic acid groups (broad SMARTS) is 1. The fraction of sp³-hybridized carbons (Fsp3) is 0.500. The van der Waals surface area contributed by atoms with Crippen LogP contribution in [0.1, 0.15) is 19.8 Å². The van der Waals surface area contributed by atoms with Crippen molar-refractivity contribution in [3.63, 3.8) is 0 Å². The van der Waals surface area contributed by atoms with Gasteiger partial charge in [0.25, 0.3) is 4.96 Å². The van der Waals surface area contributed by atoms with Gasteiger partial charge in [0.2, 0.25) is 5.82 Å². The number of nitro groups is 1. The van der Waals surface area contributed by atoms with Crippen LogP contribution >= 0.6 is 11.3 Å². The van der Waals surface area contributed by atoms with E-state index in [1.165, 1.54) is 15.7 Å². The number of carboxylic acids is 1. The lowest BCUT2D eigenvalue weighted by molar-refractivity contribution is -0.389. The molecule has 21 heavy (non-hydrogen) atoms. The van der Waals surface area contributed by atoms with Gasteiger partial charge in [-0.1, -0.05) is 18.3 Å². The Morgan fingerprint density at radius 3 is 3.05 bits per heavy atom. The standard InChI is InChI=1S/C12H14N4O4S/c1-7-3-2-4-14(8(7)11(17)18)9-10(16(19)20)15-5-6-21-12(15)13-9/h5-8H,2-4H2,1H3,(H,17,18). The van der Waals surface area contributed by atoms with Crippen LogP contribution in [0.2, 0.25) is 0 Å². The van der Waals surface area contributed by atoms with E-state index < -0.39 is 16.9 Å². The Kier molecular flexibility index (Phi) is 3.28. The molecular weight excluding hydrogens is 296 g/mol. The number of carbonyl (C=O) groups is 1. The molecule has 1 aliphatic heterocycles. The number of imidazole rings is 1. The maximum absolute atomic E-state index is 11.5. The molecule has 0 bridgehead atoms. The molecule has 0 amide bonds. The van der Waals surface area contributed by atoms with E-state index in [-0.39, 0.29) is 17.6 Å². The summed E-state index contributed by atoms with van der Waals surface area (Å²) in [5.41, 5.74) is 0. The molecule has 1 N–H and O–H groups in total. The van der Waals surface area contributed by atoms with Crippen LogP contribution in [0.3, 0.4) is 0 Å². The molecule has 2 unspecified atom stereocenters. The first-order chi connectivity index (χ1) is 10.0. The molecule has 0 aromatic carbocycles. The molecule has 1 fully saturated rings. The van der Waals surface area contributed by atoms with Gasteiger partial charge in [-0.2, -0.15) is 9.38 Å². The van der Waals surface area contributed by atoms with Crippen molar-refractivity contribution in [3.05, 3.63) is 21.7 Å². The molecule has 0 spiro atoms. The Hall–Kier alpha value is -2.16. The molecule has 8 nitrogen and oxygen atoms in total. The van der Waals surface area contributed by atoms with Crippen LogP contribution < -0.4 is 4.90 Å². The Balaban J connectivity index is 2.13. The van der Waals surface area contributed by atoms with E-state index in [0.29, 0.717) is 11.5 Å². The van der Waals surface area contributed by atoms with Crippen LogP contribution in [-0.2, 0) is 4.79 Å². The summed E-state index contributed by atoms with van der Waals surface area (Å²) in [6.07, 6.45) is 3.18. The molecule has 3 rings (SSSR count). The SMILES string of the molecule is CC1CCCN(c2nc3sccn3c2[N+](=O)[O-])C1C(=O)O. The average Bonchev–Trinajstić information content (AvgIpc) is 2.96. The average molecular weight is 310 g/mol. The van der Waals surface area contributed by atoms with Gasteiger partial charge in [0, 0.05) is 11.9 Å². The summed E-state index contributed by atoms with van der Waals surface area (Å²) in [5, 5.41) is 22.5. The van der Waals surface area contributed by atoms with Crippen molar-refractivity contribution in [3.8, 4) is 0 Å². The van der Waals surface area contributed by atoms with Gasteiger partial charge in [0.15, 0.2) is 0 Å². The first-order valence-electron chi connectivity index (χ1n) is 6.60. The molecule has 1 saturated heterocycles. The number of fused-ring (bicyclic) bond motifs is 1. The number of hydrogen-bond donors (Lipinski definition) is 1. The summed E-state index contributed by atoms with van der Waals surface area (Å²) in [7, 11) is 0. The van der Waals surface area contributed by atoms with Gasteiger partial charge < -0.3 is 20.1 Å². The summed E-state index contributed by atoms with van der Waals surface area (Å²) in [5.74, 6) is -1.04. The number of aromatic nitrogens is 2. The topological polar surface area (TPSA) is 101 Å². The van der Waals surface area contributed by atoms with Gasteiger partial charge in [0.05, 0.1) is 0 Å². The van der Waals surface area contributed by atoms with Gasteiger partial charge in [0.1, 0.15) is 12.2 Å². The zero-order chi connectivity index (χ0) is 15.1. The molecule has 2 aromatic heterocycles. The Morgan fingerprint density at radius 1 is 1.62 bits per heavy atom. The van der Waals surface area contributed by atoms with E-state index in [1.807, 2.05) is 6.92 Å². The van der Waals surface area contributed by atoms with Crippen molar-refractivity contribution in [2.45, 2.75) is 25.8 Å². The molecule has 0 saturated carbocycles. The third-order valence-corrected chi connectivity index (χ3v) is 4.61. The zero-order valence-corrected chi connectivity index (χ0v) is 12.1. The van der Waals surface area contributed by atoms with Crippen LogP contribution in [0.15, 0.2) is 11.6 Å². The van der Waals surface area contributed by atoms with Crippen molar-refractivity contribution < 1.29 is 14.8 Å². The smallest absolute Gasteiger partial charge is 0.373 e. The second-order valence-electron chi connectivity index (χ2n) is 5.17. The van der Waals surface area contributed by atoms with E-state index in [1.54, 1.807) is 16.5 Å². The Labute approximate surface area is 123 Å². The molecule has 2 atom stereocenters. The Bertz CT molecular complexity index is 709. The highest BCUT2D eigenvalue weighted by molar-refractivity contribution is 7.15. The van der Waals surface area contributed by atoms with E-state index in [9.17, 15) is 20.0 Å². The molecule has 9 heteroatoms. The molecule has 3 heterocycles. The van der Waals surface area contributed by atoms with Gasteiger partial charge >= 0.3 is 11.8 Å². The van der Waals surface area contributed by atoms with Gasteiger partial charge in [-0.3, -0.25) is 0 Å². The number of thiazole rings is 1. The lowest BCUT2D eigenvalue weighted by Crippen LogP contribution is -2.49. The monoisotopic (exact) mass is 310 g/mol. The van der Waals surface area contributed by atoms with Crippen molar-refractivity contribution in [1.29, 1.82) is 0 Å². The van der Waals surface area contributed by atoms with E-state index >= 15 is 0 Å². The van der Waals surface area contributed by atoms with E-state index in [2.05, 4.69) is 4.98 Å². The highest BCUT2D eigenvalue weighted by atomic mass is 32.1. The van der Waals surface area contributed by atoms with Gasteiger partial charge in [-0.05, 0) is 23.7 Å². The molecule has 1 aliphatic rings. The summed E-state index contributed by atoms with van der Waals surface area (Å²) in [4.78, 5) is 28.8. The third kappa shape index (κ3) is 2.13. The molecular formula is C12H14N4O4S. The van der Waals surface area contributed by atoms with Crippen LogP contribution in [0.5, 0.6) is 0 Å². The number of nitrogens with zero attached hydrogens (tertiary/aromatic N) is 4. The van der Waals surface area contributed by atoms with Gasteiger partial charge in [-0.25, -0.2) is 4.79 Å². The summed E-state index contributed by atoms with van der Waals surface area (Å²) in [6.45, 7) is 2.32. The first kappa shape index (κ1) is 13.8. The van der Waals surface area contributed by atoms with Crippen LogP contribution in [0, 0.1) is 16.0 Å². The quantitative estimate of drug-likeness (QED) is 0.687. The first-order valence-corrected chi connectivity index (χ1v) is 7.48. The minimum atomic E-state index is -0.965. The van der Waals surface area contributed by atoms with E-state index in [0.717, 1.165) is 12.8 Å². The number of piperidine rings is 1. The molecule has 2 aromatic rings. The normalized spacial score (nSPS) is 22.6. The predicted octanol–water partition coefficient (Wildman–Crippen LogP) is 1.99. The van der Waals surface area contributed by atoms with Crippen LogP contribution in [0.25, 0.3) is 4.96 Å². The number of anilines is 1. The highest BCUT2D eigenvalue weighted by Gasteiger charge is 2.39. The summed E-state index contributed by atoms with van der Waals surface area (Å²) < 4.78 is 1.40. The lowest BCUT2D eigenvalue weighted by Gasteiger charge is -2.36. The summed E-state index contributed by atoms with van der Waals surface area (Å²) in [6, 6.07) is -0.776.